The number of aliphatic hydroxyl groups excluding tert-OH is 1. The van der Waals surface area contributed by atoms with Crippen molar-refractivity contribution in [2.45, 2.75) is 32.9 Å². The van der Waals surface area contributed by atoms with Crippen LogP contribution in [0, 0.1) is 5.92 Å². The zero-order valence-corrected chi connectivity index (χ0v) is 17.7. The molecule has 0 saturated heterocycles. The Kier molecular flexibility index (Phi) is 6.44. The van der Waals surface area contributed by atoms with E-state index in [-0.39, 0.29) is 35.8 Å². The van der Waals surface area contributed by atoms with E-state index in [2.05, 4.69) is 0 Å². The number of rotatable bonds is 8. The molecular formula is C24H25NO6. The van der Waals surface area contributed by atoms with Gasteiger partial charge >= 0.3 is 5.97 Å². The highest BCUT2D eigenvalue weighted by Crippen LogP contribution is 2.42. The number of benzene rings is 2. The van der Waals surface area contributed by atoms with Gasteiger partial charge in [0.05, 0.1) is 24.3 Å². The van der Waals surface area contributed by atoms with Gasteiger partial charge in [-0.25, -0.2) is 4.79 Å². The molecule has 1 aliphatic heterocycles. The lowest BCUT2D eigenvalue weighted by molar-refractivity contribution is -0.130. The number of hydrogen-bond acceptors (Lipinski definition) is 5. The van der Waals surface area contributed by atoms with Crippen molar-refractivity contribution in [3.05, 3.63) is 76.6 Å². The third kappa shape index (κ3) is 4.45. The molecule has 0 fully saturated rings. The van der Waals surface area contributed by atoms with Crippen LogP contribution in [0.25, 0.3) is 0 Å². The van der Waals surface area contributed by atoms with Crippen LogP contribution < -0.4 is 4.74 Å². The number of carbonyl (C=O) groups excluding carboxylic acids is 2. The summed E-state index contributed by atoms with van der Waals surface area (Å²) in [6.07, 6.45) is 0.194. The smallest absolute Gasteiger partial charge is 0.335 e. The third-order valence-corrected chi connectivity index (χ3v) is 5.19. The summed E-state index contributed by atoms with van der Waals surface area (Å²) in [6, 6.07) is 12.4. The number of ketones is 1. The maximum Gasteiger partial charge on any atom is 0.335 e. The van der Waals surface area contributed by atoms with Crippen molar-refractivity contribution in [2.24, 2.45) is 5.92 Å². The van der Waals surface area contributed by atoms with Crippen LogP contribution >= 0.6 is 0 Å². The highest BCUT2D eigenvalue weighted by molar-refractivity contribution is 6.09. The van der Waals surface area contributed by atoms with Gasteiger partial charge in [0.25, 0.3) is 5.91 Å². The van der Waals surface area contributed by atoms with E-state index in [1.54, 1.807) is 36.4 Å². The summed E-state index contributed by atoms with van der Waals surface area (Å²) in [5.41, 5.74) is 1.46. The van der Waals surface area contributed by atoms with Crippen LogP contribution in [0.15, 0.2) is 59.9 Å². The molecule has 0 spiro atoms. The second kappa shape index (κ2) is 9.04. The fourth-order valence-electron chi connectivity index (χ4n) is 3.75. The molecule has 2 aromatic carbocycles. The number of nitrogens with zero attached hydrogens (tertiary/aromatic N) is 1. The molecular weight excluding hydrogens is 398 g/mol. The molecule has 1 unspecified atom stereocenters. The van der Waals surface area contributed by atoms with Gasteiger partial charge in [-0.05, 0) is 29.7 Å². The quantitative estimate of drug-likeness (QED) is 0.667. The first-order chi connectivity index (χ1) is 14.7. The van der Waals surface area contributed by atoms with Crippen molar-refractivity contribution < 1.29 is 29.3 Å². The number of ether oxygens (including phenoxy) is 1. The number of Topliss-reactive ketones (excluding diaryl/α,β-unsaturated/α-hetero) is 1. The third-order valence-electron chi connectivity index (χ3n) is 5.19. The van der Waals surface area contributed by atoms with E-state index in [0.717, 1.165) is 0 Å². The Labute approximate surface area is 180 Å². The van der Waals surface area contributed by atoms with Gasteiger partial charge in [0.15, 0.2) is 11.5 Å². The van der Waals surface area contributed by atoms with E-state index in [1.807, 2.05) is 13.8 Å². The highest BCUT2D eigenvalue weighted by atomic mass is 16.5. The largest absolute Gasteiger partial charge is 0.503 e. The first-order valence-electron chi connectivity index (χ1n) is 9.97. The standard InChI is InChI=1S/C24H25NO6/c1-14(2)12-18(26)20-21(17-6-4-5-7-19(17)31-3)25(23(28)22(20)27)13-15-8-10-16(11-9-15)24(29)30/h4-11,14,21,27H,12-13H2,1-3H3,(H,29,30). The summed E-state index contributed by atoms with van der Waals surface area (Å²) in [4.78, 5) is 38.5. The predicted octanol–water partition coefficient (Wildman–Crippen LogP) is 3.90. The SMILES string of the molecule is COc1ccccc1C1C(C(=O)CC(C)C)=C(O)C(=O)N1Cc1ccc(C(=O)O)cc1. The van der Waals surface area contributed by atoms with Crippen LogP contribution in [-0.4, -0.2) is 39.9 Å². The molecule has 0 aromatic heterocycles. The normalized spacial score (nSPS) is 16.2. The van der Waals surface area contributed by atoms with Crippen LogP contribution in [-0.2, 0) is 16.1 Å². The van der Waals surface area contributed by atoms with E-state index >= 15 is 0 Å². The number of methoxy groups -OCH3 is 1. The average Bonchev–Trinajstić information content (AvgIpc) is 2.98. The van der Waals surface area contributed by atoms with Gasteiger partial charge in [0.1, 0.15) is 5.75 Å². The minimum Gasteiger partial charge on any atom is -0.503 e. The first-order valence-corrected chi connectivity index (χ1v) is 9.97. The number of amides is 1. The molecule has 162 valence electrons. The second-order valence-electron chi connectivity index (χ2n) is 7.86. The molecule has 1 aliphatic rings. The lowest BCUT2D eigenvalue weighted by atomic mass is 9.91. The monoisotopic (exact) mass is 423 g/mol. The summed E-state index contributed by atoms with van der Waals surface area (Å²) in [7, 11) is 1.50. The second-order valence-corrected chi connectivity index (χ2v) is 7.86. The summed E-state index contributed by atoms with van der Waals surface area (Å²) < 4.78 is 5.46. The lowest BCUT2D eigenvalue weighted by Crippen LogP contribution is -2.31. The van der Waals surface area contributed by atoms with Gasteiger partial charge in [-0.15, -0.1) is 0 Å². The molecule has 2 N–H and O–H groups in total. The van der Waals surface area contributed by atoms with Gasteiger partial charge in [0, 0.05) is 18.5 Å². The molecule has 1 atom stereocenters. The predicted molar refractivity (Wildman–Crippen MR) is 114 cm³/mol. The van der Waals surface area contributed by atoms with Crippen LogP contribution in [0.1, 0.15) is 47.8 Å². The summed E-state index contributed by atoms with van der Waals surface area (Å²) in [6.45, 7) is 3.88. The van der Waals surface area contributed by atoms with Crippen LogP contribution in [0.5, 0.6) is 5.75 Å². The molecule has 0 radical (unpaired) electrons. The summed E-state index contributed by atoms with van der Waals surface area (Å²) >= 11 is 0. The zero-order chi connectivity index (χ0) is 22.7. The van der Waals surface area contributed by atoms with E-state index in [4.69, 9.17) is 9.84 Å². The Morgan fingerprint density at radius 3 is 2.32 bits per heavy atom. The molecule has 2 aromatic rings. The molecule has 31 heavy (non-hydrogen) atoms. The zero-order valence-electron chi connectivity index (χ0n) is 17.7. The van der Waals surface area contributed by atoms with Crippen molar-refractivity contribution in [1.29, 1.82) is 0 Å². The molecule has 0 bridgehead atoms. The topological polar surface area (TPSA) is 104 Å². The number of carboxylic acids is 1. The van der Waals surface area contributed by atoms with E-state index in [0.29, 0.717) is 16.9 Å². The molecule has 7 nitrogen and oxygen atoms in total. The van der Waals surface area contributed by atoms with Gasteiger partial charge in [-0.3, -0.25) is 9.59 Å². The van der Waals surface area contributed by atoms with E-state index < -0.39 is 23.7 Å². The summed E-state index contributed by atoms with van der Waals surface area (Å²) in [5, 5.41) is 19.7. The van der Waals surface area contributed by atoms with E-state index in [1.165, 1.54) is 24.1 Å². The number of aromatic carboxylic acids is 1. The van der Waals surface area contributed by atoms with Crippen molar-refractivity contribution in [1.82, 2.24) is 4.90 Å². The Balaban J connectivity index is 2.05. The Bertz CT molecular complexity index is 1040. The number of carboxylic acid groups (broad SMARTS) is 1. The average molecular weight is 423 g/mol. The minimum absolute atomic E-state index is 0.0545. The van der Waals surface area contributed by atoms with Gasteiger partial charge in [-0.2, -0.15) is 0 Å². The molecule has 1 heterocycles. The van der Waals surface area contributed by atoms with Crippen molar-refractivity contribution in [2.75, 3.05) is 7.11 Å². The Morgan fingerprint density at radius 1 is 1.10 bits per heavy atom. The van der Waals surface area contributed by atoms with Crippen molar-refractivity contribution >= 4 is 17.7 Å². The van der Waals surface area contributed by atoms with Gasteiger partial charge in [0.2, 0.25) is 0 Å². The first kappa shape index (κ1) is 22.1. The molecule has 0 aliphatic carbocycles. The number of aliphatic hydroxyl groups is 1. The fraction of sp³-hybridized carbons (Fsp3) is 0.292. The fourth-order valence-corrected chi connectivity index (χ4v) is 3.75. The molecule has 3 rings (SSSR count). The van der Waals surface area contributed by atoms with Crippen LogP contribution in [0.4, 0.5) is 0 Å². The lowest BCUT2D eigenvalue weighted by Gasteiger charge is -2.28. The number of para-hydroxylation sites is 1. The van der Waals surface area contributed by atoms with Crippen molar-refractivity contribution in [3.63, 3.8) is 0 Å². The maximum absolute atomic E-state index is 13.0. The Morgan fingerprint density at radius 2 is 1.74 bits per heavy atom. The number of hydrogen-bond donors (Lipinski definition) is 2. The van der Waals surface area contributed by atoms with Crippen LogP contribution in [0.3, 0.4) is 0 Å². The van der Waals surface area contributed by atoms with Gasteiger partial charge < -0.3 is 19.8 Å². The summed E-state index contributed by atoms with van der Waals surface area (Å²) in [5.74, 6) is -1.99. The molecule has 0 saturated carbocycles. The Hall–Kier alpha value is -3.61. The van der Waals surface area contributed by atoms with Gasteiger partial charge in [-0.1, -0.05) is 44.2 Å². The number of carbonyl (C=O) groups is 3. The van der Waals surface area contributed by atoms with Crippen molar-refractivity contribution in [3.8, 4) is 5.75 Å². The van der Waals surface area contributed by atoms with E-state index in [9.17, 15) is 19.5 Å². The molecule has 1 amide bonds. The van der Waals surface area contributed by atoms with Crippen LogP contribution in [0.2, 0.25) is 0 Å². The maximum atomic E-state index is 13.0. The molecule has 7 heteroatoms. The highest BCUT2D eigenvalue weighted by Gasteiger charge is 2.44. The minimum atomic E-state index is -1.04.